The van der Waals surface area contributed by atoms with Crippen molar-refractivity contribution in [1.29, 1.82) is 0 Å². The Balaban J connectivity index is 1.65. The number of aromatic nitrogens is 1. The second-order valence-electron chi connectivity index (χ2n) is 6.22. The van der Waals surface area contributed by atoms with Crippen molar-refractivity contribution in [3.63, 3.8) is 0 Å². The van der Waals surface area contributed by atoms with Gasteiger partial charge in [-0.05, 0) is 48.5 Å². The van der Waals surface area contributed by atoms with Gasteiger partial charge in [0.15, 0.2) is 0 Å². The zero-order chi connectivity index (χ0) is 21.8. The molecule has 1 aliphatic heterocycles. The van der Waals surface area contributed by atoms with Crippen molar-refractivity contribution in [2.45, 2.75) is 6.92 Å². The van der Waals surface area contributed by atoms with Crippen molar-refractivity contribution in [3.8, 4) is 0 Å². The second-order valence-corrected chi connectivity index (χ2v) is 7.62. The number of carbonyl (C=O) groups excluding carboxylic acids is 3. The van der Waals surface area contributed by atoms with Crippen molar-refractivity contribution < 1.29 is 19.3 Å². The molecule has 3 rings (SSSR count). The Morgan fingerprint density at radius 3 is 2.80 bits per heavy atom. The fourth-order valence-electron chi connectivity index (χ4n) is 2.64. The SMILES string of the molecule is Cc1cccc(C(=O)NCCN2C(=O)S/C(=C/c3ccc(Cl)c([N+](=O)[O-])c3)C2=O)n1. The molecule has 0 unspecified atom stereocenters. The number of hydrogen-bond acceptors (Lipinski definition) is 7. The van der Waals surface area contributed by atoms with Gasteiger partial charge in [0.25, 0.3) is 22.7 Å². The molecule has 1 saturated heterocycles. The van der Waals surface area contributed by atoms with Gasteiger partial charge < -0.3 is 5.32 Å². The van der Waals surface area contributed by atoms with Crippen LogP contribution in [0, 0.1) is 17.0 Å². The molecule has 1 aromatic heterocycles. The third-order valence-corrected chi connectivity index (χ3v) is 5.31. The molecule has 154 valence electrons. The van der Waals surface area contributed by atoms with E-state index in [2.05, 4.69) is 10.3 Å². The van der Waals surface area contributed by atoms with E-state index in [0.717, 1.165) is 16.7 Å². The Morgan fingerprint density at radius 2 is 2.10 bits per heavy atom. The molecular formula is C19H15ClN4O5S. The Labute approximate surface area is 180 Å². The lowest BCUT2D eigenvalue weighted by Gasteiger charge is -2.12. The van der Waals surface area contributed by atoms with Crippen LogP contribution in [0.4, 0.5) is 10.5 Å². The largest absolute Gasteiger partial charge is 0.349 e. The average molecular weight is 447 g/mol. The zero-order valence-electron chi connectivity index (χ0n) is 15.6. The number of aryl methyl sites for hydroxylation is 1. The Hall–Kier alpha value is -3.24. The van der Waals surface area contributed by atoms with Crippen LogP contribution in [-0.4, -0.2) is 45.0 Å². The van der Waals surface area contributed by atoms with Crippen LogP contribution in [0.25, 0.3) is 6.08 Å². The first kappa shape index (κ1) is 21.5. The Bertz CT molecular complexity index is 1090. The minimum atomic E-state index is -0.628. The van der Waals surface area contributed by atoms with Gasteiger partial charge in [0.1, 0.15) is 10.7 Å². The third-order valence-electron chi connectivity index (χ3n) is 4.08. The summed E-state index contributed by atoms with van der Waals surface area (Å²) in [4.78, 5) is 52.4. The molecular weight excluding hydrogens is 432 g/mol. The Morgan fingerprint density at radius 1 is 1.33 bits per heavy atom. The lowest BCUT2D eigenvalue weighted by Crippen LogP contribution is -2.37. The number of amides is 3. The first-order valence-corrected chi connectivity index (χ1v) is 9.87. The number of carbonyl (C=O) groups is 3. The minimum absolute atomic E-state index is 0.0136. The van der Waals surface area contributed by atoms with Crippen LogP contribution in [0.5, 0.6) is 0 Å². The number of nitro groups is 1. The molecule has 0 saturated carbocycles. The van der Waals surface area contributed by atoms with Crippen molar-refractivity contribution in [3.05, 3.63) is 73.4 Å². The lowest BCUT2D eigenvalue weighted by atomic mass is 10.2. The van der Waals surface area contributed by atoms with E-state index >= 15 is 0 Å². The molecule has 0 atom stereocenters. The zero-order valence-corrected chi connectivity index (χ0v) is 17.2. The first-order valence-electron chi connectivity index (χ1n) is 8.67. The number of benzene rings is 1. The van der Waals surface area contributed by atoms with Crippen LogP contribution in [0.3, 0.4) is 0 Å². The molecule has 0 bridgehead atoms. The summed E-state index contributed by atoms with van der Waals surface area (Å²) in [5.74, 6) is -0.944. The van der Waals surface area contributed by atoms with Crippen molar-refractivity contribution in [1.82, 2.24) is 15.2 Å². The van der Waals surface area contributed by atoms with Gasteiger partial charge in [-0.1, -0.05) is 23.7 Å². The van der Waals surface area contributed by atoms with E-state index in [1.807, 2.05) is 0 Å². The van der Waals surface area contributed by atoms with Crippen LogP contribution in [0.2, 0.25) is 5.02 Å². The van der Waals surface area contributed by atoms with Crippen LogP contribution >= 0.6 is 23.4 Å². The molecule has 9 nitrogen and oxygen atoms in total. The summed E-state index contributed by atoms with van der Waals surface area (Å²) in [7, 11) is 0. The smallest absolute Gasteiger partial charge is 0.293 e. The average Bonchev–Trinajstić information content (AvgIpc) is 2.96. The maximum atomic E-state index is 12.5. The molecule has 3 amide bonds. The fraction of sp³-hybridized carbons (Fsp3) is 0.158. The van der Waals surface area contributed by atoms with Crippen molar-refractivity contribution in [2.24, 2.45) is 0 Å². The van der Waals surface area contributed by atoms with Gasteiger partial charge in [-0.3, -0.25) is 29.4 Å². The highest BCUT2D eigenvalue weighted by Crippen LogP contribution is 2.33. The van der Waals surface area contributed by atoms with E-state index in [1.54, 1.807) is 25.1 Å². The van der Waals surface area contributed by atoms with E-state index in [4.69, 9.17) is 11.6 Å². The van der Waals surface area contributed by atoms with Crippen LogP contribution < -0.4 is 5.32 Å². The maximum Gasteiger partial charge on any atom is 0.293 e. The number of thioether (sulfide) groups is 1. The molecule has 0 radical (unpaired) electrons. The summed E-state index contributed by atoms with van der Waals surface area (Å²) in [6, 6.07) is 9.13. The minimum Gasteiger partial charge on any atom is -0.349 e. The standard InChI is InChI=1S/C19H15ClN4O5S/c1-11-3-2-4-14(22-11)17(25)21-7-8-23-18(26)16(30-19(23)27)10-12-5-6-13(20)15(9-12)24(28)29/h2-6,9-10H,7-8H2,1H3,(H,21,25)/b16-10+. The summed E-state index contributed by atoms with van der Waals surface area (Å²) in [5.41, 5.74) is 1.02. The predicted molar refractivity (Wildman–Crippen MR) is 112 cm³/mol. The number of hydrogen-bond donors (Lipinski definition) is 1. The molecule has 0 spiro atoms. The van der Waals surface area contributed by atoms with Gasteiger partial charge in [0.05, 0.1) is 9.83 Å². The number of pyridine rings is 1. The molecule has 1 aliphatic rings. The van der Waals surface area contributed by atoms with Gasteiger partial charge in [0, 0.05) is 24.8 Å². The number of nitro benzene ring substituents is 1. The summed E-state index contributed by atoms with van der Waals surface area (Å²) in [6.07, 6.45) is 1.39. The van der Waals surface area contributed by atoms with Crippen LogP contribution in [-0.2, 0) is 4.79 Å². The molecule has 1 N–H and O–H groups in total. The molecule has 1 fully saturated rings. The van der Waals surface area contributed by atoms with Gasteiger partial charge in [-0.15, -0.1) is 0 Å². The Kier molecular flexibility index (Phi) is 6.48. The fourth-order valence-corrected chi connectivity index (χ4v) is 3.70. The first-order chi connectivity index (χ1) is 14.3. The normalized spacial score (nSPS) is 15.0. The van der Waals surface area contributed by atoms with Crippen LogP contribution in [0.15, 0.2) is 41.3 Å². The number of nitrogens with zero attached hydrogens (tertiary/aromatic N) is 3. The highest BCUT2D eigenvalue weighted by molar-refractivity contribution is 8.18. The van der Waals surface area contributed by atoms with E-state index < -0.39 is 22.0 Å². The molecule has 2 aromatic rings. The summed E-state index contributed by atoms with van der Waals surface area (Å²) in [5, 5.41) is 13.1. The summed E-state index contributed by atoms with van der Waals surface area (Å²) >= 11 is 6.51. The van der Waals surface area contributed by atoms with Gasteiger partial charge in [0.2, 0.25) is 0 Å². The van der Waals surface area contributed by atoms with Gasteiger partial charge in [-0.2, -0.15) is 0 Å². The van der Waals surface area contributed by atoms with Crippen LogP contribution in [0.1, 0.15) is 21.7 Å². The maximum absolute atomic E-state index is 12.5. The van der Waals surface area contributed by atoms with E-state index in [9.17, 15) is 24.5 Å². The number of imide groups is 1. The molecule has 0 aliphatic carbocycles. The number of halogens is 1. The molecule has 30 heavy (non-hydrogen) atoms. The van der Waals surface area contributed by atoms with E-state index in [-0.39, 0.29) is 34.4 Å². The van der Waals surface area contributed by atoms with Crippen molar-refractivity contribution in [2.75, 3.05) is 13.1 Å². The van der Waals surface area contributed by atoms with E-state index in [1.165, 1.54) is 24.3 Å². The monoisotopic (exact) mass is 446 g/mol. The highest BCUT2D eigenvalue weighted by Gasteiger charge is 2.34. The highest BCUT2D eigenvalue weighted by atomic mass is 35.5. The summed E-state index contributed by atoms with van der Waals surface area (Å²) < 4.78 is 0. The molecule has 2 heterocycles. The van der Waals surface area contributed by atoms with Gasteiger partial charge >= 0.3 is 0 Å². The lowest BCUT2D eigenvalue weighted by molar-refractivity contribution is -0.384. The third kappa shape index (κ3) is 4.84. The molecule has 1 aromatic carbocycles. The van der Waals surface area contributed by atoms with Crippen molar-refractivity contribution >= 4 is 52.2 Å². The molecule has 11 heteroatoms. The summed E-state index contributed by atoms with van der Waals surface area (Å²) in [6.45, 7) is 1.81. The number of nitrogens with one attached hydrogen (secondary N) is 1. The van der Waals surface area contributed by atoms with E-state index in [0.29, 0.717) is 11.3 Å². The topological polar surface area (TPSA) is 123 Å². The second kappa shape index (κ2) is 9.06. The predicted octanol–water partition coefficient (Wildman–Crippen LogP) is 3.42. The van der Waals surface area contributed by atoms with Gasteiger partial charge in [-0.25, -0.2) is 4.98 Å². The number of rotatable bonds is 6. The quantitative estimate of drug-likeness (QED) is 0.409.